The molecule has 0 saturated heterocycles. The number of hydrogen-bond acceptors (Lipinski definition) is 4. The molecule has 0 aromatic carbocycles. The van der Waals surface area contributed by atoms with Crippen molar-refractivity contribution >= 4 is 11.3 Å². The van der Waals surface area contributed by atoms with Crippen molar-refractivity contribution in [1.82, 2.24) is 10.3 Å². The first-order valence-electron chi connectivity index (χ1n) is 6.14. The van der Waals surface area contributed by atoms with Gasteiger partial charge in [0.1, 0.15) is 0 Å². The average molecular weight is 239 g/mol. The molecule has 1 aromatic rings. The topological polar surface area (TPSA) is 50.9 Å². The van der Waals surface area contributed by atoms with Crippen molar-refractivity contribution in [2.75, 3.05) is 19.6 Å². The first kappa shape index (κ1) is 12.0. The van der Waals surface area contributed by atoms with Gasteiger partial charge in [-0.1, -0.05) is 6.42 Å². The third-order valence-corrected chi connectivity index (χ3v) is 4.52. The SMILES string of the molecule is NCC1(CCNCCc2nccs2)CCC1. The molecule has 1 heterocycles. The van der Waals surface area contributed by atoms with E-state index in [1.807, 2.05) is 11.6 Å². The molecule has 0 spiro atoms. The van der Waals surface area contributed by atoms with Crippen molar-refractivity contribution in [2.45, 2.75) is 32.1 Å². The zero-order valence-electron chi connectivity index (χ0n) is 9.74. The van der Waals surface area contributed by atoms with Crippen LogP contribution in [0.4, 0.5) is 0 Å². The van der Waals surface area contributed by atoms with Crippen molar-refractivity contribution in [1.29, 1.82) is 0 Å². The molecule has 1 aromatic heterocycles. The van der Waals surface area contributed by atoms with Gasteiger partial charge in [-0.05, 0) is 37.8 Å². The van der Waals surface area contributed by atoms with Crippen molar-refractivity contribution in [3.8, 4) is 0 Å². The molecule has 4 heteroatoms. The zero-order chi connectivity index (χ0) is 11.3. The number of nitrogens with one attached hydrogen (secondary N) is 1. The normalized spacial score (nSPS) is 18.3. The average Bonchev–Trinajstić information content (AvgIpc) is 2.74. The van der Waals surface area contributed by atoms with Crippen LogP contribution in [-0.2, 0) is 6.42 Å². The fourth-order valence-corrected chi connectivity index (χ4v) is 2.90. The van der Waals surface area contributed by atoms with Crippen molar-refractivity contribution in [2.24, 2.45) is 11.1 Å². The van der Waals surface area contributed by atoms with Crippen LogP contribution in [0.25, 0.3) is 0 Å². The largest absolute Gasteiger partial charge is 0.330 e. The summed E-state index contributed by atoms with van der Waals surface area (Å²) in [4.78, 5) is 4.26. The highest BCUT2D eigenvalue weighted by Gasteiger charge is 2.34. The van der Waals surface area contributed by atoms with E-state index in [2.05, 4.69) is 10.3 Å². The summed E-state index contributed by atoms with van der Waals surface area (Å²) >= 11 is 1.74. The third-order valence-electron chi connectivity index (χ3n) is 3.68. The van der Waals surface area contributed by atoms with Crippen LogP contribution in [0.1, 0.15) is 30.7 Å². The zero-order valence-corrected chi connectivity index (χ0v) is 10.6. The second-order valence-electron chi connectivity index (χ2n) is 4.73. The molecule has 3 nitrogen and oxygen atoms in total. The number of hydrogen-bond donors (Lipinski definition) is 2. The molecular weight excluding hydrogens is 218 g/mol. The molecular formula is C12H21N3S. The molecule has 1 fully saturated rings. The van der Waals surface area contributed by atoms with Gasteiger partial charge in [-0.2, -0.15) is 0 Å². The Morgan fingerprint density at radius 1 is 1.44 bits per heavy atom. The minimum Gasteiger partial charge on any atom is -0.330 e. The van der Waals surface area contributed by atoms with Crippen molar-refractivity contribution in [3.63, 3.8) is 0 Å². The Morgan fingerprint density at radius 2 is 2.31 bits per heavy atom. The molecule has 3 N–H and O–H groups in total. The molecule has 0 amide bonds. The van der Waals surface area contributed by atoms with E-state index >= 15 is 0 Å². The van der Waals surface area contributed by atoms with Gasteiger partial charge < -0.3 is 11.1 Å². The van der Waals surface area contributed by atoms with E-state index in [9.17, 15) is 0 Å². The summed E-state index contributed by atoms with van der Waals surface area (Å²) in [5, 5.41) is 6.75. The van der Waals surface area contributed by atoms with E-state index in [1.165, 1.54) is 30.7 Å². The van der Waals surface area contributed by atoms with Gasteiger partial charge in [-0.25, -0.2) is 4.98 Å². The Balaban J connectivity index is 1.55. The van der Waals surface area contributed by atoms with Gasteiger partial charge in [0, 0.05) is 24.5 Å². The molecule has 1 aliphatic carbocycles. The lowest BCUT2D eigenvalue weighted by atomic mass is 9.67. The maximum absolute atomic E-state index is 5.82. The monoisotopic (exact) mass is 239 g/mol. The number of thiazole rings is 1. The number of aromatic nitrogens is 1. The van der Waals surface area contributed by atoms with Gasteiger partial charge in [-0.15, -0.1) is 11.3 Å². The second kappa shape index (κ2) is 5.75. The summed E-state index contributed by atoms with van der Waals surface area (Å²) in [6.45, 7) is 3.00. The molecule has 1 saturated carbocycles. The molecule has 0 atom stereocenters. The third kappa shape index (κ3) is 3.03. The van der Waals surface area contributed by atoms with Crippen LogP contribution in [0.3, 0.4) is 0 Å². The highest BCUT2D eigenvalue weighted by Crippen LogP contribution is 2.42. The molecule has 1 aliphatic rings. The van der Waals surface area contributed by atoms with Gasteiger partial charge >= 0.3 is 0 Å². The minimum atomic E-state index is 0.480. The fourth-order valence-electron chi connectivity index (χ4n) is 2.28. The van der Waals surface area contributed by atoms with Crippen LogP contribution >= 0.6 is 11.3 Å². The van der Waals surface area contributed by atoms with Gasteiger partial charge in [0.25, 0.3) is 0 Å². The first-order chi connectivity index (χ1) is 7.85. The predicted molar refractivity (Wildman–Crippen MR) is 68.6 cm³/mol. The van der Waals surface area contributed by atoms with Gasteiger partial charge in [0.2, 0.25) is 0 Å². The molecule has 0 aliphatic heterocycles. The predicted octanol–water partition coefficient (Wildman–Crippen LogP) is 1.79. The van der Waals surface area contributed by atoms with Crippen LogP contribution in [0.15, 0.2) is 11.6 Å². The summed E-state index contributed by atoms with van der Waals surface area (Å²) < 4.78 is 0. The maximum Gasteiger partial charge on any atom is 0.0937 e. The van der Waals surface area contributed by atoms with E-state index in [0.29, 0.717) is 5.41 Å². The van der Waals surface area contributed by atoms with E-state index in [0.717, 1.165) is 26.1 Å². The Kier molecular flexibility index (Phi) is 4.32. The van der Waals surface area contributed by atoms with Crippen LogP contribution in [-0.4, -0.2) is 24.6 Å². The van der Waals surface area contributed by atoms with E-state index in [-0.39, 0.29) is 0 Å². The molecule has 0 bridgehead atoms. The van der Waals surface area contributed by atoms with Crippen molar-refractivity contribution < 1.29 is 0 Å². The lowest BCUT2D eigenvalue weighted by Crippen LogP contribution is -2.39. The lowest BCUT2D eigenvalue weighted by Gasteiger charge is -2.41. The highest BCUT2D eigenvalue weighted by atomic mass is 32.1. The summed E-state index contributed by atoms with van der Waals surface area (Å²) in [5.74, 6) is 0. The molecule has 0 radical (unpaired) electrons. The standard InChI is InChI=1S/C12H21N3S/c13-10-12(3-1-4-12)5-7-14-6-2-11-15-8-9-16-11/h8-9,14H,1-7,10,13H2. The van der Waals surface area contributed by atoms with Gasteiger partial charge in [0.15, 0.2) is 0 Å². The van der Waals surface area contributed by atoms with Crippen molar-refractivity contribution in [3.05, 3.63) is 16.6 Å². The summed E-state index contributed by atoms with van der Waals surface area (Å²) in [6, 6.07) is 0. The van der Waals surface area contributed by atoms with Crippen LogP contribution in [0, 0.1) is 5.41 Å². The fraction of sp³-hybridized carbons (Fsp3) is 0.750. The van der Waals surface area contributed by atoms with Crippen LogP contribution in [0.5, 0.6) is 0 Å². The molecule has 16 heavy (non-hydrogen) atoms. The van der Waals surface area contributed by atoms with Crippen LogP contribution < -0.4 is 11.1 Å². The lowest BCUT2D eigenvalue weighted by molar-refractivity contribution is 0.130. The Morgan fingerprint density at radius 3 is 2.88 bits per heavy atom. The first-order valence-corrected chi connectivity index (χ1v) is 7.02. The van der Waals surface area contributed by atoms with Gasteiger partial charge in [0.05, 0.1) is 5.01 Å². The number of nitrogens with two attached hydrogens (primary N) is 1. The van der Waals surface area contributed by atoms with E-state index in [4.69, 9.17) is 5.73 Å². The summed E-state index contributed by atoms with van der Waals surface area (Å²) in [7, 11) is 0. The Bertz CT molecular complexity index is 288. The van der Waals surface area contributed by atoms with Gasteiger partial charge in [-0.3, -0.25) is 0 Å². The molecule has 2 rings (SSSR count). The summed E-state index contributed by atoms with van der Waals surface area (Å²) in [5.41, 5.74) is 6.30. The second-order valence-corrected chi connectivity index (χ2v) is 5.71. The smallest absolute Gasteiger partial charge is 0.0937 e. The maximum atomic E-state index is 5.82. The number of nitrogens with zero attached hydrogens (tertiary/aromatic N) is 1. The highest BCUT2D eigenvalue weighted by molar-refractivity contribution is 7.09. The Labute approximate surface area is 101 Å². The molecule has 0 unspecified atom stereocenters. The van der Waals surface area contributed by atoms with E-state index < -0.39 is 0 Å². The quantitative estimate of drug-likeness (QED) is 0.713. The molecule has 90 valence electrons. The Hall–Kier alpha value is -0.450. The number of rotatable bonds is 7. The minimum absolute atomic E-state index is 0.480. The summed E-state index contributed by atoms with van der Waals surface area (Å²) in [6.07, 6.45) is 8.19. The van der Waals surface area contributed by atoms with Crippen LogP contribution in [0.2, 0.25) is 0 Å². The van der Waals surface area contributed by atoms with E-state index in [1.54, 1.807) is 11.3 Å².